The molecule has 3 nitrogen and oxygen atoms in total. The van der Waals surface area contributed by atoms with Crippen molar-refractivity contribution in [3.63, 3.8) is 0 Å². The normalized spacial score (nSPS) is 12.3. The fourth-order valence-electron chi connectivity index (χ4n) is 2.26. The van der Waals surface area contributed by atoms with Gasteiger partial charge in [-0.25, -0.2) is 4.39 Å². The second-order valence-electron chi connectivity index (χ2n) is 5.25. The SMILES string of the molecule is C#CCOCC(O)CN(Cc1ccc(F)cc1)Cc1cccs1. The molecule has 0 spiro atoms. The number of ether oxygens (including phenoxy) is 1. The van der Waals surface area contributed by atoms with Gasteiger partial charge in [0.15, 0.2) is 0 Å². The maximum absolute atomic E-state index is 13.0. The minimum absolute atomic E-state index is 0.194. The molecule has 0 fully saturated rings. The highest BCUT2D eigenvalue weighted by Crippen LogP contribution is 2.15. The Morgan fingerprint density at radius 1 is 1.26 bits per heavy atom. The minimum Gasteiger partial charge on any atom is -0.389 e. The van der Waals surface area contributed by atoms with E-state index in [1.807, 2.05) is 11.4 Å². The second kappa shape index (κ2) is 9.43. The van der Waals surface area contributed by atoms with E-state index in [2.05, 4.69) is 16.9 Å². The fourth-order valence-corrected chi connectivity index (χ4v) is 3.01. The summed E-state index contributed by atoms with van der Waals surface area (Å²) in [5, 5.41) is 12.1. The monoisotopic (exact) mass is 333 g/mol. The first kappa shape index (κ1) is 17.6. The van der Waals surface area contributed by atoms with Crippen LogP contribution in [0.3, 0.4) is 0 Å². The van der Waals surface area contributed by atoms with E-state index in [4.69, 9.17) is 11.2 Å². The smallest absolute Gasteiger partial charge is 0.123 e. The molecule has 0 radical (unpaired) electrons. The number of thiophene rings is 1. The van der Waals surface area contributed by atoms with Crippen LogP contribution < -0.4 is 0 Å². The van der Waals surface area contributed by atoms with Crippen LogP contribution in [-0.4, -0.2) is 35.9 Å². The fraction of sp³-hybridized carbons (Fsp3) is 0.333. The second-order valence-corrected chi connectivity index (χ2v) is 6.28. The average molecular weight is 333 g/mol. The first-order valence-corrected chi connectivity index (χ1v) is 8.24. The number of terminal acetylenes is 1. The molecule has 0 aliphatic carbocycles. The summed E-state index contributed by atoms with van der Waals surface area (Å²) in [4.78, 5) is 3.33. The molecule has 2 aromatic rings. The van der Waals surface area contributed by atoms with Gasteiger partial charge in [0, 0.05) is 24.5 Å². The molecule has 1 unspecified atom stereocenters. The van der Waals surface area contributed by atoms with Crippen molar-refractivity contribution in [3.8, 4) is 12.3 Å². The number of hydrogen-bond donors (Lipinski definition) is 1. The number of hydrogen-bond acceptors (Lipinski definition) is 4. The molecule has 2 rings (SSSR count). The first-order valence-electron chi connectivity index (χ1n) is 7.36. The molecule has 0 amide bonds. The van der Waals surface area contributed by atoms with Gasteiger partial charge in [0.25, 0.3) is 0 Å². The van der Waals surface area contributed by atoms with Crippen molar-refractivity contribution < 1.29 is 14.2 Å². The van der Waals surface area contributed by atoms with Gasteiger partial charge in [0.05, 0.1) is 12.7 Å². The molecular formula is C18H20FNO2S. The Morgan fingerprint density at radius 3 is 2.70 bits per heavy atom. The van der Waals surface area contributed by atoms with E-state index in [0.29, 0.717) is 13.1 Å². The van der Waals surface area contributed by atoms with Crippen LogP contribution >= 0.6 is 11.3 Å². The van der Waals surface area contributed by atoms with E-state index in [1.54, 1.807) is 23.5 Å². The molecule has 0 aliphatic heterocycles. The van der Waals surface area contributed by atoms with Crippen molar-refractivity contribution in [1.82, 2.24) is 4.90 Å². The lowest BCUT2D eigenvalue weighted by molar-refractivity contribution is 0.0245. The zero-order valence-electron chi connectivity index (χ0n) is 12.8. The van der Waals surface area contributed by atoms with E-state index >= 15 is 0 Å². The van der Waals surface area contributed by atoms with E-state index in [-0.39, 0.29) is 19.0 Å². The number of benzene rings is 1. The van der Waals surface area contributed by atoms with Gasteiger partial charge in [-0.2, -0.15) is 0 Å². The molecule has 1 aromatic carbocycles. The third kappa shape index (κ3) is 6.51. The molecule has 0 aliphatic rings. The molecular weight excluding hydrogens is 313 g/mol. The molecule has 1 N–H and O–H groups in total. The van der Waals surface area contributed by atoms with Gasteiger partial charge in [0.1, 0.15) is 12.4 Å². The standard InChI is InChI=1S/C18H20FNO2S/c1-2-9-22-14-17(21)12-20(13-18-4-3-10-23-18)11-15-5-7-16(19)8-6-15/h1,3-8,10,17,21H,9,11-14H2. The summed E-state index contributed by atoms with van der Waals surface area (Å²) in [5.41, 5.74) is 1.000. The molecule has 5 heteroatoms. The summed E-state index contributed by atoms with van der Waals surface area (Å²) in [7, 11) is 0. The van der Waals surface area contributed by atoms with Crippen molar-refractivity contribution in [2.75, 3.05) is 19.8 Å². The number of aliphatic hydroxyl groups is 1. The van der Waals surface area contributed by atoms with Crippen molar-refractivity contribution in [1.29, 1.82) is 0 Å². The number of aliphatic hydroxyl groups excluding tert-OH is 1. The number of nitrogens with zero attached hydrogens (tertiary/aromatic N) is 1. The molecule has 1 aromatic heterocycles. The molecule has 0 bridgehead atoms. The highest BCUT2D eigenvalue weighted by atomic mass is 32.1. The van der Waals surface area contributed by atoms with Crippen LogP contribution in [0.2, 0.25) is 0 Å². The van der Waals surface area contributed by atoms with Crippen molar-refractivity contribution in [3.05, 3.63) is 58.0 Å². The summed E-state index contributed by atoms with van der Waals surface area (Å²) in [6, 6.07) is 10.5. The van der Waals surface area contributed by atoms with Gasteiger partial charge in [0.2, 0.25) is 0 Å². The molecule has 1 heterocycles. The summed E-state index contributed by atoms with van der Waals surface area (Å²) in [5.74, 6) is 2.13. The summed E-state index contributed by atoms with van der Waals surface area (Å²) < 4.78 is 18.2. The van der Waals surface area contributed by atoms with E-state index in [1.165, 1.54) is 17.0 Å². The Labute approximate surface area is 140 Å². The summed E-state index contributed by atoms with van der Waals surface area (Å²) in [6.45, 7) is 2.21. The predicted octanol–water partition coefficient (Wildman–Crippen LogP) is 2.90. The van der Waals surface area contributed by atoms with Gasteiger partial charge in [-0.15, -0.1) is 17.8 Å². The lowest BCUT2D eigenvalue weighted by Crippen LogP contribution is -2.34. The summed E-state index contributed by atoms with van der Waals surface area (Å²) in [6.07, 6.45) is 4.50. The third-order valence-corrected chi connectivity index (χ3v) is 4.10. The molecule has 0 saturated heterocycles. The Bertz CT molecular complexity index is 607. The van der Waals surface area contributed by atoms with Crippen molar-refractivity contribution in [2.24, 2.45) is 0 Å². The van der Waals surface area contributed by atoms with E-state index in [9.17, 15) is 9.50 Å². The van der Waals surface area contributed by atoms with Gasteiger partial charge < -0.3 is 9.84 Å². The number of rotatable bonds is 9. The Balaban J connectivity index is 1.96. The van der Waals surface area contributed by atoms with Crippen LogP contribution in [-0.2, 0) is 17.8 Å². The highest BCUT2D eigenvalue weighted by Gasteiger charge is 2.14. The van der Waals surface area contributed by atoms with Gasteiger partial charge >= 0.3 is 0 Å². The first-order chi connectivity index (χ1) is 11.2. The van der Waals surface area contributed by atoms with Crippen LogP contribution in [0.25, 0.3) is 0 Å². The van der Waals surface area contributed by atoms with Crippen LogP contribution in [0.4, 0.5) is 4.39 Å². The molecule has 1 atom stereocenters. The van der Waals surface area contributed by atoms with Gasteiger partial charge in [-0.3, -0.25) is 4.90 Å². The van der Waals surface area contributed by atoms with Crippen LogP contribution in [0.15, 0.2) is 41.8 Å². The zero-order valence-corrected chi connectivity index (χ0v) is 13.6. The largest absolute Gasteiger partial charge is 0.389 e. The summed E-state index contributed by atoms with van der Waals surface area (Å²) >= 11 is 1.67. The topological polar surface area (TPSA) is 32.7 Å². The molecule has 0 saturated carbocycles. The Morgan fingerprint density at radius 2 is 2.04 bits per heavy atom. The Kier molecular flexibility index (Phi) is 7.24. The van der Waals surface area contributed by atoms with E-state index in [0.717, 1.165) is 12.1 Å². The molecule has 122 valence electrons. The number of halogens is 1. The Hall–Kier alpha value is -1.71. The van der Waals surface area contributed by atoms with Crippen molar-refractivity contribution in [2.45, 2.75) is 19.2 Å². The molecule has 23 heavy (non-hydrogen) atoms. The van der Waals surface area contributed by atoms with Gasteiger partial charge in [-0.05, 0) is 29.1 Å². The predicted molar refractivity (Wildman–Crippen MR) is 90.5 cm³/mol. The van der Waals surface area contributed by atoms with E-state index < -0.39 is 6.10 Å². The van der Waals surface area contributed by atoms with Crippen LogP contribution in [0, 0.1) is 18.2 Å². The highest BCUT2D eigenvalue weighted by molar-refractivity contribution is 7.09. The van der Waals surface area contributed by atoms with Crippen LogP contribution in [0.5, 0.6) is 0 Å². The minimum atomic E-state index is -0.622. The van der Waals surface area contributed by atoms with Crippen molar-refractivity contribution >= 4 is 11.3 Å². The quantitative estimate of drug-likeness (QED) is 0.566. The van der Waals surface area contributed by atoms with Crippen LogP contribution in [0.1, 0.15) is 10.4 Å². The lowest BCUT2D eigenvalue weighted by Gasteiger charge is -2.24. The third-order valence-electron chi connectivity index (χ3n) is 3.24. The van der Waals surface area contributed by atoms with Gasteiger partial charge in [-0.1, -0.05) is 24.1 Å². The zero-order chi connectivity index (χ0) is 16.5. The maximum Gasteiger partial charge on any atom is 0.123 e. The maximum atomic E-state index is 13.0. The lowest BCUT2D eigenvalue weighted by atomic mass is 10.2. The average Bonchev–Trinajstić information content (AvgIpc) is 3.03.